The zero-order valence-electron chi connectivity index (χ0n) is 30.6. The maximum absolute atomic E-state index is 9.28. The fraction of sp³-hybridized carbons (Fsp3) is 0.191. The molecule has 6 rings (SSSR count). The lowest BCUT2D eigenvalue weighted by Gasteiger charge is -2.11. The van der Waals surface area contributed by atoms with E-state index < -0.39 is 18.4 Å². The lowest BCUT2D eigenvalue weighted by molar-refractivity contribution is -0.322. The molecule has 0 spiro atoms. The van der Waals surface area contributed by atoms with E-state index in [2.05, 4.69) is 184 Å². The Kier molecular flexibility index (Phi) is 17.5. The highest BCUT2D eigenvalue weighted by Crippen LogP contribution is 2.35. The van der Waals surface area contributed by atoms with Gasteiger partial charge < -0.3 is 19.8 Å². The minimum atomic E-state index is -1.63. The summed E-state index contributed by atoms with van der Waals surface area (Å²) in [6, 6.07) is 61.5. The molecule has 0 fully saturated rings. The van der Waals surface area contributed by atoms with Crippen molar-refractivity contribution in [3.8, 4) is 0 Å². The molecule has 6 aromatic carbocycles. The smallest absolute Gasteiger partial charge is 0.169 e. The Morgan fingerprint density at radius 1 is 0.415 bits per heavy atom. The van der Waals surface area contributed by atoms with Gasteiger partial charge in [0.2, 0.25) is 0 Å². The Morgan fingerprint density at radius 3 is 0.925 bits per heavy atom. The highest BCUT2D eigenvalue weighted by Gasteiger charge is 2.31. The van der Waals surface area contributed by atoms with Crippen LogP contribution in [-0.4, -0.2) is 11.9 Å². The van der Waals surface area contributed by atoms with Crippen LogP contribution in [0.4, 0.5) is 0 Å². The van der Waals surface area contributed by atoms with Crippen molar-refractivity contribution in [3.63, 3.8) is 0 Å². The van der Waals surface area contributed by atoms with E-state index in [1.807, 2.05) is 0 Å². The average Bonchev–Trinajstić information content (AvgIpc) is 3.19. The first-order valence-corrected chi connectivity index (χ1v) is 20.6. The molecule has 272 valence electrons. The van der Waals surface area contributed by atoms with Crippen molar-refractivity contribution in [3.05, 3.63) is 181 Å². The molecule has 0 aromatic heterocycles. The third-order valence-electron chi connectivity index (χ3n) is 8.19. The molecule has 0 aliphatic heterocycles. The summed E-state index contributed by atoms with van der Waals surface area (Å²) in [5.74, 6) is -3.25. The van der Waals surface area contributed by atoms with E-state index in [9.17, 15) is 19.8 Å². The van der Waals surface area contributed by atoms with E-state index in [-0.39, 0.29) is 21.8 Å². The van der Waals surface area contributed by atoms with Crippen LogP contribution in [0, 0.1) is 0 Å². The second-order valence-electron chi connectivity index (χ2n) is 12.2. The number of carboxylic acids is 2. The molecule has 0 unspecified atom stereocenters. The highest BCUT2D eigenvalue weighted by molar-refractivity contribution is 7.97. The number of hydrogen-bond acceptors (Lipinski definition) is 4. The number of unbranched alkanes of at least 4 members (excludes halogenated alkanes) is 2. The molecule has 0 N–H and O–H groups in total. The molecule has 0 heterocycles. The van der Waals surface area contributed by atoms with Crippen LogP contribution in [0.5, 0.6) is 0 Å². The molecular formula is C47H48O4S2. The molecule has 6 heteroatoms. The van der Waals surface area contributed by atoms with Gasteiger partial charge in [-0.25, -0.2) is 0 Å². The van der Waals surface area contributed by atoms with Gasteiger partial charge in [0.15, 0.2) is 29.4 Å². The van der Waals surface area contributed by atoms with E-state index in [0.29, 0.717) is 0 Å². The number of carboxylic acid groups (broad SMARTS) is 2. The van der Waals surface area contributed by atoms with Crippen molar-refractivity contribution in [2.24, 2.45) is 0 Å². The first kappa shape index (κ1) is 40.7. The van der Waals surface area contributed by atoms with Gasteiger partial charge >= 0.3 is 0 Å². The Labute approximate surface area is 321 Å². The fourth-order valence-corrected chi connectivity index (χ4v) is 10.2. The van der Waals surface area contributed by atoms with Crippen LogP contribution in [0.25, 0.3) is 0 Å². The number of rotatable bonds is 14. The molecule has 0 radical (unpaired) electrons. The summed E-state index contributed by atoms with van der Waals surface area (Å²) < 4.78 is 0. The van der Waals surface area contributed by atoms with Crippen LogP contribution in [0.1, 0.15) is 57.1 Å². The first-order chi connectivity index (χ1) is 25.9. The molecular weight excluding hydrogens is 693 g/mol. The Balaban J connectivity index is 0.000000201. The Hall–Kier alpha value is -5.04. The van der Waals surface area contributed by atoms with Crippen LogP contribution in [-0.2, 0) is 44.2 Å². The van der Waals surface area contributed by atoms with Crippen molar-refractivity contribution < 1.29 is 19.8 Å². The third kappa shape index (κ3) is 13.2. The maximum Gasteiger partial charge on any atom is 0.169 e. The van der Waals surface area contributed by atoms with Gasteiger partial charge in [-0.05, 0) is 86.3 Å². The zero-order valence-corrected chi connectivity index (χ0v) is 32.2. The topological polar surface area (TPSA) is 80.3 Å². The minimum Gasteiger partial charge on any atom is -0.550 e. The standard InChI is InChI=1S/2C22H23S.C3H4O4/c2*1-2-3-12-19-13-10-11-18-22(19)23(20-14-6-4-7-15-20)21-16-8-5-9-17-21;4-2(5)1-3(6)7/h2*4-11,13-18H,2-3,12H2,1H3;1H2,(H,4,5)(H,6,7)/q2*+1;/p-2. The second-order valence-corrected chi connectivity index (χ2v) is 16.2. The van der Waals surface area contributed by atoms with Crippen molar-refractivity contribution in [2.45, 2.75) is 88.2 Å². The van der Waals surface area contributed by atoms with Gasteiger partial charge in [0, 0.05) is 29.5 Å². The molecule has 0 amide bonds. The average molecular weight is 741 g/mol. The van der Waals surface area contributed by atoms with Crippen molar-refractivity contribution in [1.29, 1.82) is 0 Å². The normalized spacial score (nSPS) is 10.5. The molecule has 0 saturated carbocycles. The Bertz CT molecular complexity index is 1710. The van der Waals surface area contributed by atoms with Gasteiger partial charge in [0.05, 0.1) is 21.8 Å². The summed E-state index contributed by atoms with van der Waals surface area (Å²) in [5.41, 5.74) is 2.98. The number of carbonyl (C=O) groups is 2. The summed E-state index contributed by atoms with van der Waals surface area (Å²) >= 11 is 0. The molecule has 0 aliphatic carbocycles. The molecule has 0 atom stereocenters. The molecule has 0 aliphatic rings. The highest BCUT2D eigenvalue weighted by atomic mass is 32.2. The molecule has 0 saturated heterocycles. The van der Waals surface area contributed by atoms with Gasteiger partial charge in [-0.1, -0.05) is 136 Å². The van der Waals surface area contributed by atoms with Crippen molar-refractivity contribution in [1.82, 2.24) is 0 Å². The van der Waals surface area contributed by atoms with E-state index >= 15 is 0 Å². The van der Waals surface area contributed by atoms with Crippen molar-refractivity contribution in [2.75, 3.05) is 0 Å². The lowest BCUT2D eigenvalue weighted by Crippen LogP contribution is -2.32. The van der Waals surface area contributed by atoms with Crippen LogP contribution in [0.2, 0.25) is 0 Å². The van der Waals surface area contributed by atoms with Crippen LogP contribution < -0.4 is 10.2 Å². The predicted molar refractivity (Wildman–Crippen MR) is 215 cm³/mol. The van der Waals surface area contributed by atoms with Crippen LogP contribution in [0.3, 0.4) is 0 Å². The largest absolute Gasteiger partial charge is 0.550 e. The fourth-order valence-electron chi connectivity index (χ4n) is 5.68. The van der Waals surface area contributed by atoms with E-state index in [1.54, 1.807) is 0 Å². The Morgan fingerprint density at radius 2 is 0.679 bits per heavy atom. The summed E-state index contributed by atoms with van der Waals surface area (Å²) in [6.45, 7) is 4.52. The van der Waals surface area contributed by atoms with E-state index in [0.717, 1.165) is 12.8 Å². The summed E-state index contributed by atoms with van der Waals surface area (Å²) in [5, 5.41) is 18.6. The first-order valence-electron chi connectivity index (χ1n) is 18.2. The molecule has 53 heavy (non-hydrogen) atoms. The van der Waals surface area contributed by atoms with E-state index in [4.69, 9.17) is 0 Å². The van der Waals surface area contributed by atoms with Gasteiger partial charge in [0.1, 0.15) is 0 Å². The summed E-state index contributed by atoms with van der Waals surface area (Å²) in [7, 11) is -0.0593. The monoisotopic (exact) mass is 740 g/mol. The van der Waals surface area contributed by atoms with Gasteiger partial charge in [-0.2, -0.15) is 0 Å². The van der Waals surface area contributed by atoms with Gasteiger partial charge in [-0.15, -0.1) is 0 Å². The van der Waals surface area contributed by atoms with Gasteiger partial charge in [0.25, 0.3) is 0 Å². The molecule has 6 aromatic rings. The molecule has 0 bridgehead atoms. The van der Waals surface area contributed by atoms with Crippen molar-refractivity contribution >= 4 is 33.7 Å². The number of hydrogen-bond donors (Lipinski definition) is 0. The predicted octanol–water partition coefficient (Wildman–Crippen LogP) is 9.13. The van der Waals surface area contributed by atoms with Gasteiger partial charge in [-0.3, -0.25) is 0 Å². The number of aliphatic carboxylic acids is 2. The third-order valence-corrected chi connectivity index (χ3v) is 12.8. The van der Waals surface area contributed by atoms with Crippen LogP contribution in [0.15, 0.2) is 199 Å². The number of carbonyl (C=O) groups excluding carboxylic acids is 2. The molecule has 4 nitrogen and oxygen atoms in total. The minimum absolute atomic E-state index is 0.0297. The summed E-state index contributed by atoms with van der Waals surface area (Å²) in [6.07, 6.45) is 6.26. The summed E-state index contributed by atoms with van der Waals surface area (Å²) in [4.78, 5) is 27.1. The maximum atomic E-state index is 9.28. The zero-order chi connectivity index (χ0) is 37.7. The lowest BCUT2D eigenvalue weighted by atomic mass is 10.1. The quantitative estimate of drug-likeness (QED) is 0.0825. The number of aryl methyl sites for hydroxylation is 2. The van der Waals surface area contributed by atoms with Crippen LogP contribution >= 0.6 is 0 Å². The van der Waals surface area contributed by atoms with E-state index in [1.165, 1.54) is 66.2 Å². The number of benzene rings is 6. The second kappa shape index (κ2) is 22.8. The SMILES string of the molecule is CCCCc1ccccc1[S+](c1ccccc1)c1ccccc1.CCCCc1ccccc1[S+](c1ccccc1)c1ccccc1.O=C([O-])CC(=O)[O-].